The minimum atomic E-state index is -2.00. The van der Waals surface area contributed by atoms with E-state index >= 15 is 0 Å². The van der Waals surface area contributed by atoms with Crippen LogP contribution >= 0.6 is 11.6 Å². The molecule has 0 bridgehead atoms. The van der Waals surface area contributed by atoms with Gasteiger partial charge in [-0.25, -0.2) is 0 Å². The molecule has 35 heavy (non-hydrogen) atoms. The van der Waals surface area contributed by atoms with E-state index in [2.05, 4.69) is 70.7 Å². The minimum Gasteiger partial charge on any atom is -0.407 e. The van der Waals surface area contributed by atoms with Crippen LogP contribution in [0.15, 0.2) is 73.3 Å². The molecule has 0 spiro atoms. The maximum Gasteiger partial charge on any atom is 0.232 e. The lowest BCUT2D eigenvalue weighted by Crippen LogP contribution is -2.47. The smallest absolute Gasteiger partial charge is 0.232 e. The molecule has 0 aromatic heterocycles. The number of halogens is 1. The van der Waals surface area contributed by atoms with E-state index in [1.807, 2.05) is 42.3 Å². The highest BCUT2D eigenvalue weighted by molar-refractivity contribution is 6.73. The number of rotatable bonds is 15. The Morgan fingerprint density at radius 2 is 1.51 bits per heavy atom. The van der Waals surface area contributed by atoms with Gasteiger partial charge in [-0.2, -0.15) is 0 Å². The molecule has 3 atom stereocenters. The second kappa shape index (κ2) is 14.0. The zero-order chi connectivity index (χ0) is 25.9. The predicted octanol–water partition coefficient (Wildman–Crippen LogP) is 8.55. The number of carbonyl (C=O) groups excluding carboxylic acids is 1. The summed E-state index contributed by atoms with van der Waals surface area (Å²) in [7, 11) is -0.0671. The Morgan fingerprint density at radius 3 is 1.94 bits per heavy atom. The molecule has 0 aliphatic heterocycles. The van der Waals surface area contributed by atoms with Crippen molar-refractivity contribution in [3.63, 3.8) is 0 Å². The molecule has 5 heteroatoms. The van der Waals surface area contributed by atoms with Crippen LogP contribution in [0.1, 0.15) is 70.2 Å². The van der Waals surface area contributed by atoms with Crippen molar-refractivity contribution in [3.05, 3.63) is 84.4 Å². The monoisotopic (exact) mass is 513 g/mol. The van der Waals surface area contributed by atoms with Gasteiger partial charge >= 0.3 is 0 Å². The number of likely N-dealkylation sites (N-methyl/N-ethyl adjacent to an activating group) is 1. The third kappa shape index (κ3) is 6.87. The summed E-state index contributed by atoms with van der Waals surface area (Å²) in [6.07, 6.45) is 3.73. The SMILES string of the molecule is C=C[C@](CC)(CCCCl)C(=O)N(C)[C@@H](c1ccccc1)[C@@H](O[Si](CC)(CC)CC)c1ccccc1. The predicted molar refractivity (Wildman–Crippen MR) is 152 cm³/mol. The highest BCUT2D eigenvalue weighted by atomic mass is 35.5. The lowest BCUT2D eigenvalue weighted by Gasteiger charge is -2.43. The van der Waals surface area contributed by atoms with Crippen molar-refractivity contribution in [2.24, 2.45) is 5.41 Å². The van der Waals surface area contributed by atoms with Gasteiger partial charge in [0.1, 0.15) is 0 Å². The van der Waals surface area contributed by atoms with E-state index in [0.717, 1.165) is 35.7 Å². The van der Waals surface area contributed by atoms with Crippen molar-refractivity contribution in [1.82, 2.24) is 4.90 Å². The summed E-state index contributed by atoms with van der Waals surface area (Å²) in [4.78, 5) is 16.1. The van der Waals surface area contributed by atoms with E-state index in [1.54, 1.807) is 0 Å². The van der Waals surface area contributed by atoms with Gasteiger partial charge in [-0.05, 0) is 48.5 Å². The van der Waals surface area contributed by atoms with Crippen LogP contribution in [0, 0.1) is 5.41 Å². The fourth-order valence-corrected chi connectivity index (χ4v) is 8.04. The fraction of sp³-hybridized carbons (Fsp3) is 0.500. The van der Waals surface area contributed by atoms with Crippen molar-refractivity contribution in [2.45, 2.75) is 77.2 Å². The molecule has 3 nitrogen and oxygen atoms in total. The third-order valence-electron chi connectivity index (χ3n) is 7.81. The van der Waals surface area contributed by atoms with Crippen LogP contribution in [0.4, 0.5) is 0 Å². The van der Waals surface area contributed by atoms with E-state index in [4.69, 9.17) is 16.0 Å². The van der Waals surface area contributed by atoms with E-state index < -0.39 is 13.7 Å². The molecule has 2 rings (SSSR count). The number of amides is 1. The van der Waals surface area contributed by atoms with Gasteiger partial charge in [0.25, 0.3) is 0 Å². The van der Waals surface area contributed by atoms with Crippen molar-refractivity contribution < 1.29 is 9.22 Å². The summed E-state index contributed by atoms with van der Waals surface area (Å²) in [6, 6.07) is 23.6. The molecule has 0 unspecified atom stereocenters. The Hall–Kier alpha value is -1.88. The minimum absolute atomic E-state index is 0.0789. The second-order valence-electron chi connectivity index (χ2n) is 9.47. The average Bonchev–Trinajstić information content (AvgIpc) is 2.92. The van der Waals surface area contributed by atoms with Gasteiger partial charge < -0.3 is 9.33 Å². The summed E-state index contributed by atoms with van der Waals surface area (Å²) in [5, 5.41) is 0. The molecule has 0 fully saturated rings. The summed E-state index contributed by atoms with van der Waals surface area (Å²) < 4.78 is 7.22. The molecular weight excluding hydrogens is 470 g/mol. The molecule has 0 N–H and O–H groups in total. The zero-order valence-corrected chi connectivity index (χ0v) is 24.1. The van der Waals surface area contributed by atoms with Gasteiger partial charge in [0.2, 0.25) is 5.91 Å². The van der Waals surface area contributed by atoms with Crippen LogP contribution in [0.2, 0.25) is 18.1 Å². The summed E-state index contributed by atoms with van der Waals surface area (Å²) in [5.74, 6) is 0.609. The van der Waals surface area contributed by atoms with E-state index in [0.29, 0.717) is 18.7 Å². The molecular formula is C30H44ClNO2Si. The first-order valence-corrected chi connectivity index (χ1v) is 16.2. The number of benzene rings is 2. The van der Waals surface area contributed by atoms with Gasteiger partial charge in [-0.3, -0.25) is 4.79 Å². The molecule has 0 heterocycles. The highest BCUT2D eigenvalue weighted by Gasteiger charge is 2.43. The number of carbonyl (C=O) groups is 1. The lowest BCUT2D eigenvalue weighted by atomic mass is 9.78. The maximum atomic E-state index is 14.2. The third-order valence-corrected chi connectivity index (χ3v) is 12.7. The molecule has 2 aromatic rings. The van der Waals surface area contributed by atoms with Crippen LogP contribution < -0.4 is 0 Å². The number of nitrogens with zero attached hydrogens (tertiary/aromatic N) is 1. The normalized spacial score (nSPS) is 15.1. The first-order valence-electron chi connectivity index (χ1n) is 13.1. The standard InChI is InChI=1S/C30H44ClNO2Si/c1-7-30(8-2,23-18-24-31)29(33)32(6)27(25-19-14-12-15-20-25)28(26-21-16-13-17-22-26)34-35(9-3,10-4)11-5/h7,12-17,19-22,27-28H,1,8-11,18,23-24H2,2-6H3/t27-,28-,30-/m0/s1. The van der Waals surface area contributed by atoms with Crippen LogP contribution in [-0.4, -0.2) is 32.1 Å². The van der Waals surface area contributed by atoms with Gasteiger partial charge in [0.05, 0.1) is 17.6 Å². The molecule has 0 aliphatic rings. The van der Waals surface area contributed by atoms with Crippen molar-refractivity contribution in [2.75, 3.05) is 12.9 Å². The van der Waals surface area contributed by atoms with Crippen molar-refractivity contribution in [1.29, 1.82) is 0 Å². The Kier molecular flexibility index (Phi) is 11.7. The summed E-state index contributed by atoms with van der Waals surface area (Å²) in [6.45, 7) is 12.9. The Bertz CT molecular complexity index is 895. The summed E-state index contributed by atoms with van der Waals surface area (Å²) in [5.41, 5.74) is 1.54. The average molecular weight is 514 g/mol. The Labute approximate surface area is 219 Å². The topological polar surface area (TPSA) is 29.5 Å². The van der Waals surface area contributed by atoms with Crippen LogP contribution in [0.3, 0.4) is 0 Å². The summed E-state index contributed by atoms with van der Waals surface area (Å²) >= 11 is 6.04. The van der Waals surface area contributed by atoms with Crippen molar-refractivity contribution >= 4 is 25.8 Å². The fourth-order valence-electron chi connectivity index (χ4n) is 5.11. The first kappa shape index (κ1) is 29.3. The zero-order valence-electron chi connectivity index (χ0n) is 22.3. The molecule has 2 aromatic carbocycles. The molecule has 0 aliphatic carbocycles. The molecule has 0 radical (unpaired) electrons. The van der Waals surface area contributed by atoms with Gasteiger partial charge in [0.15, 0.2) is 8.32 Å². The lowest BCUT2D eigenvalue weighted by molar-refractivity contribution is -0.143. The molecule has 0 saturated heterocycles. The van der Waals surface area contributed by atoms with Gasteiger partial charge in [-0.1, -0.05) is 94.4 Å². The Balaban J connectivity index is 2.68. The van der Waals surface area contributed by atoms with Gasteiger partial charge in [0, 0.05) is 12.9 Å². The first-order chi connectivity index (χ1) is 16.9. The van der Waals surface area contributed by atoms with E-state index in [-0.39, 0.29) is 18.1 Å². The quantitative estimate of drug-likeness (QED) is 0.135. The number of alkyl halides is 1. The highest BCUT2D eigenvalue weighted by Crippen LogP contribution is 2.43. The second-order valence-corrected chi connectivity index (χ2v) is 14.6. The van der Waals surface area contributed by atoms with E-state index in [9.17, 15) is 4.79 Å². The van der Waals surface area contributed by atoms with Crippen molar-refractivity contribution in [3.8, 4) is 0 Å². The molecule has 1 amide bonds. The van der Waals surface area contributed by atoms with Crippen LogP contribution in [0.25, 0.3) is 0 Å². The Morgan fingerprint density at radius 1 is 1.00 bits per heavy atom. The van der Waals surface area contributed by atoms with Crippen LogP contribution in [0.5, 0.6) is 0 Å². The molecule has 0 saturated carbocycles. The number of hydrogen-bond donors (Lipinski definition) is 0. The van der Waals surface area contributed by atoms with Gasteiger partial charge in [-0.15, -0.1) is 18.2 Å². The van der Waals surface area contributed by atoms with Crippen LogP contribution in [-0.2, 0) is 9.22 Å². The largest absolute Gasteiger partial charge is 0.407 e. The molecule has 192 valence electrons. The van der Waals surface area contributed by atoms with E-state index in [1.165, 1.54) is 0 Å². The number of hydrogen-bond acceptors (Lipinski definition) is 2. The maximum absolute atomic E-state index is 14.2.